The number of aliphatic hydroxyl groups is 1. The maximum Gasteiger partial charge on any atom is 0.254 e. The highest BCUT2D eigenvalue weighted by Crippen LogP contribution is 2.32. The number of piperidine rings is 2. The van der Waals surface area contributed by atoms with Crippen molar-refractivity contribution in [3.8, 4) is 11.5 Å². The molecule has 3 N–H and O–H groups in total. The molecule has 152 valence electrons. The molecular weight excluding hydrogens is 362 g/mol. The molecule has 3 aliphatic rings. The van der Waals surface area contributed by atoms with Crippen LogP contribution in [0.3, 0.4) is 0 Å². The predicted molar refractivity (Wildman–Crippen MR) is 101 cm³/mol. The molecule has 2 saturated heterocycles. The molecule has 0 bridgehead atoms. The molecule has 8 nitrogen and oxygen atoms in total. The summed E-state index contributed by atoms with van der Waals surface area (Å²) in [6, 6.07) is 5.16. The van der Waals surface area contributed by atoms with Crippen molar-refractivity contribution in [2.75, 3.05) is 39.5 Å². The molecule has 1 aromatic rings. The molecule has 0 unspecified atom stereocenters. The van der Waals surface area contributed by atoms with Crippen LogP contribution in [0.25, 0.3) is 0 Å². The summed E-state index contributed by atoms with van der Waals surface area (Å²) in [6.07, 6.45) is 2.58. The molecule has 28 heavy (non-hydrogen) atoms. The number of likely N-dealkylation sites (tertiary alicyclic amines) is 1. The van der Waals surface area contributed by atoms with Gasteiger partial charge in [0.2, 0.25) is 6.79 Å². The number of carbonyl (C=O) groups excluding carboxylic acids is 2. The Morgan fingerprint density at radius 1 is 1.18 bits per heavy atom. The van der Waals surface area contributed by atoms with E-state index >= 15 is 0 Å². The van der Waals surface area contributed by atoms with E-state index in [-0.39, 0.29) is 18.6 Å². The minimum Gasteiger partial charge on any atom is -0.454 e. The molecule has 2 amide bonds. The van der Waals surface area contributed by atoms with Gasteiger partial charge in [-0.3, -0.25) is 9.59 Å². The highest BCUT2D eigenvalue weighted by Gasteiger charge is 2.40. The van der Waals surface area contributed by atoms with E-state index in [1.54, 1.807) is 23.1 Å². The summed E-state index contributed by atoms with van der Waals surface area (Å²) in [6.45, 7) is 3.35. The Hall–Kier alpha value is -2.32. The zero-order valence-electron chi connectivity index (χ0n) is 15.9. The summed E-state index contributed by atoms with van der Waals surface area (Å²) < 4.78 is 10.6. The van der Waals surface area contributed by atoms with Crippen LogP contribution in [-0.2, 0) is 4.79 Å². The number of ether oxygens (including phenoxy) is 2. The van der Waals surface area contributed by atoms with Crippen LogP contribution in [0, 0.1) is 5.92 Å². The number of fused-ring (bicyclic) bond motifs is 1. The normalized spacial score (nSPS) is 21.4. The highest BCUT2D eigenvalue weighted by molar-refractivity contribution is 5.94. The summed E-state index contributed by atoms with van der Waals surface area (Å²) in [5, 5.41) is 16.8. The first-order valence-corrected chi connectivity index (χ1v) is 9.95. The molecule has 0 saturated carbocycles. The molecule has 4 rings (SSSR count). The second-order valence-electron chi connectivity index (χ2n) is 7.80. The summed E-state index contributed by atoms with van der Waals surface area (Å²) in [7, 11) is 0. The number of hydrogen-bond acceptors (Lipinski definition) is 6. The first-order valence-electron chi connectivity index (χ1n) is 9.95. The number of rotatable bonds is 4. The predicted octanol–water partition coefficient (Wildman–Crippen LogP) is 0.498. The Morgan fingerprint density at radius 3 is 2.64 bits per heavy atom. The van der Waals surface area contributed by atoms with Gasteiger partial charge in [-0.2, -0.15) is 0 Å². The van der Waals surface area contributed by atoms with Gasteiger partial charge in [0.1, 0.15) is 5.60 Å². The number of nitrogens with one attached hydrogen (secondary N) is 2. The lowest BCUT2D eigenvalue weighted by Gasteiger charge is -2.39. The lowest BCUT2D eigenvalue weighted by atomic mass is 9.89. The van der Waals surface area contributed by atoms with E-state index in [1.165, 1.54) is 0 Å². The van der Waals surface area contributed by atoms with Crippen LogP contribution in [0.1, 0.15) is 36.0 Å². The van der Waals surface area contributed by atoms with Gasteiger partial charge < -0.3 is 30.1 Å². The maximum atomic E-state index is 12.7. The minimum absolute atomic E-state index is 0.138. The van der Waals surface area contributed by atoms with E-state index in [1.807, 2.05) is 0 Å². The topological polar surface area (TPSA) is 100 Å². The summed E-state index contributed by atoms with van der Waals surface area (Å²) in [5.74, 6) is 1.29. The van der Waals surface area contributed by atoms with Crippen LogP contribution >= 0.6 is 0 Å². The molecule has 0 radical (unpaired) electrons. The minimum atomic E-state index is -1.22. The molecule has 3 heterocycles. The van der Waals surface area contributed by atoms with Crippen LogP contribution in [0.2, 0.25) is 0 Å². The Balaban J connectivity index is 1.24. The fraction of sp³-hybridized carbons (Fsp3) is 0.600. The molecule has 1 aromatic carbocycles. The van der Waals surface area contributed by atoms with Crippen molar-refractivity contribution < 1.29 is 24.2 Å². The average Bonchev–Trinajstić information content (AvgIpc) is 3.20. The van der Waals surface area contributed by atoms with Gasteiger partial charge in [0, 0.05) is 25.2 Å². The van der Waals surface area contributed by atoms with E-state index in [2.05, 4.69) is 10.6 Å². The Morgan fingerprint density at radius 2 is 1.89 bits per heavy atom. The van der Waals surface area contributed by atoms with Crippen molar-refractivity contribution >= 4 is 11.8 Å². The smallest absolute Gasteiger partial charge is 0.254 e. The quantitative estimate of drug-likeness (QED) is 0.693. The zero-order chi connectivity index (χ0) is 19.6. The van der Waals surface area contributed by atoms with Gasteiger partial charge in [-0.15, -0.1) is 0 Å². The van der Waals surface area contributed by atoms with Crippen LogP contribution in [0.5, 0.6) is 11.5 Å². The molecule has 0 aliphatic carbocycles. The van der Waals surface area contributed by atoms with E-state index in [0.29, 0.717) is 68.5 Å². The lowest BCUT2D eigenvalue weighted by molar-refractivity contribution is -0.155. The summed E-state index contributed by atoms with van der Waals surface area (Å²) in [4.78, 5) is 26.9. The standard InChI is InChI=1S/C20H27N3O5/c24-18(15-1-2-16-17(11-15)28-13-27-16)22-12-14-3-9-23(10-4-14)19(25)20(26)5-7-21-8-6-20/h1-2,11,14,21,26H,3-10,12-13H2,(H,22,24). The molecule has 0 aromatic heterocycles. The van der Waals surface area contributed by atoms with Gasteiger partial charge in [-0.05, 0) is 62.9 Å². The third-order valence-electron chi connectivity index (χ3n) is 5.92. The Labute approximate surface area is 164 Å². The van der Waals surface area contributed by atoms with Crippen molar-refractivity contribution in [3.05, 3.63) is 23.8 Å². The van der Waals surface area contributed by atoms with Crippen molar-refractivity contribution in [2.24, 2.45) is 5.92 Å². The van der Waals surface area contributed by atoms with Crippen LogP contribution < -0.4 is 20.1 Å². The SMILES string of the molecule is O=C(NCC1CCN(C(=O)C2(O)CCNCC2)CC1)c1ccc2c(c1)OCO2. The first kappa shape index (κ1) is 19.0. The summed E-state index contributed by atoms with van der Waals surface area (Å²) in [5.41, 5.74) is -0.670. The third kappa shape index (κ3) is 3.93. The molecular formula is C20H27N3O5. The highest BCUT2D eigenvalue weighted by atomic mass is 16.7. The van der Waals surface area contributed by atoms with Gasteiger partial charge in [-0.25, -0.2) is 0 Å². The van der Waals surface area contributed by atoms with Gasteiger partial charge in [0.25, 0.3) is 11.8 Å². The van der Waals surface area contributed by atoms with Crippen LogP contribution in [0.4, 0.5) is 0 Å². The Bertz CT molecular complexity index is 739. The van der Waals surface area contributed by atoms with Gasteiger partial charge in [0.05, 0.1) is 0 Å². The van der Waals surface area contributed by atoms with E-state index in [9.17, 15) is 14.7 Å². The number of benzene rings is 1. The second kappa shape index (κ2) is 7.97. The molecule has 8 heteroatoms. The van der Waals surface area contributed by atoms with E-state index in [0.717, 1.165) is 12.8 Å². The number of nitrogens with zero attached hydrogens (tertiary/aromatic N) is 1. The largest absolute Gasteiger partial charge is 0.454 e. The van der Waals surface area contributed by atoms with Crippen molar-refractivity contribution in [2.45, 2.75) is 31.3 Å². The number of amides is 2. The van der Waals surface area contributed by atoms with E-state index in [4.69, 9.17) is 9.47 Å². The number of carbonyl (C=O) groups is 2. The fourth-order valence-electron chi connectivity index (χ4n) is 4.07. The lowest BCUT2D eigenvalue weighted by Crippen LogP contribution is -2.56. The Kier molecular flexibility index (Phi) is 5.41. The monoisotopic (exact) mass is 389 g/mol. The molecule has 3 aliphatic heterocycles. The van der Waals surface area contributed by atoms with Gasteiger partial charge in [0.15, 0.2) is 11.5 Å². The van der Waals surface area contributed by atoms with E-state index < -0.39 is 5.60 Å². The maximum absolute atomic E-state index is 12.7. The third-order valence-corrected chi connectivity index (χ3v) is 5.92. The zero-order valence-corrected chi connectivity index (χ0v) is 15.9. The van der Waals surface area contributed by atoms with Gasteiger partial charge in [-0.1, -0.05) is 0 Å². The van der Waals surface area contributed by atoms with Crippen LogP contribution in [0.15, 0.2) is 18.2 Å². The molecule has 0 spiro atoms. The first-order chi connectivity index (χ1) is 13.5. The summed E-state index contributed by atoms with van der Waals surface area (Å²) >= 11 is 0. The average molecular weight is 389 g/mol. The van der Waals surface area contributed by atoms with Crippen molar-refractivity contribution in [3.63, 3.8) is 0 Å². The number of hydrogen-bond donors (Lipinski definition) is 3. The van der Waals surface area contributed by atoms with Crippen LogP contribution in [-0.4, -0.2) is 66.9 Å². The fourth-order valence-corrected chi connectivity index (χ4v) is 4.07. The molecule has 2 fully saturated rings. The second-order valence-corrected chi connectivity index (χ2v) is 7.80. The van der Waals surface area contributed by atoms with Crippen molar-refractivity contribution in [1.82, 2.24) is 15.5 Å². The van der Waals surface area contributed by atoms with Gasteiger partial charge >= 0.3 is 0 Å². The van der Waals surface area contributed by atoms with Crippen molar-refractivity contribution in [1.29, 1.82) is 0 Å². The molecule has 0 atom stereocenters.